The number of anilines is 2. The van der Waals surface area contributed by atoms with Crippen LogP contribution in [0.25, 0.3) is 11.1 Å². The zero-order valence-corrected chi connectivity index (χ0v) is 22.8. The lowest BCUT2D eigenvalue weighted by molar-refractivity contribution is -0.142. The van der Waals surface area contributed by atoms with E-state index in [1.807, 2.05) is 49.4 Å². The molecule has 39 heavy (non-hydrogen) atoms. The molecule has 2 aliphatic rings. The predicted molar refractivity (Wildman–Crippen MR) is 156 cm³/mol. The zero-order valence-electron chi connectivity index (χ0n) is 22.8. The Morgan fingerprint density at radius 1 is 0.949 bits per heavy atom. The van der Waals surface area contributed by atoms with Gasteiger partial charge < -0.3 is 20.6 Å². The highest BCUT2D eigenvalue weighted by atomic mass is 16.4. The molecule has 1 atom stereocenters. The van der Waals surface area contributed by atoms with Gasteiger partial charge in [0.05, 0.1) is 23.8 Å². The van der Waals surface area contributed by atoms with Crippen LogP contribution in [0.3, 0.4) is 0 Å². The number of carbonyl (C=O) groups is 2. The number of hydrogen-bond donors (Lipinski definition) is 2. The first-order valence-corrected chi connectivity index (χ1v) is 14.2. The van der Waals surface area contributed by atoms with Crippen LogP contribution < -0.4 is 10.6 Å². The Bertz CT molecular complexity index is 1310. The molecular weight excluding hydrogens is 486 g/mol. The monoisotopic (exact) mass is 525 g/mol. The summed E-state index contributed by atoms with van der Waals surface area (Å²) >= 11 is 0. The molecule has 6 nitrogen and oxygen atoms in total. The van der Waals surface area contributed by atoms with Gasteiger partial charge in [-0.2, -0.15) is 0 Å². The molecule has 1 aliphatic carbocycles. The molecule has 1 heterocycles. The van der Waals surface area contributed by atoms with E-state index >= 15 is 0 Å². The number of aliphatic carboxylic acids is 1. The van der Waals surface area contributed by atoms with Crippen LogP contribution in [0.15, 0.2) is 66.7 Å². The SMILES string of the molecule is Cc1ccc(C(CC(=O)O)N(Cc2cccc(-c3ccc(N4CCCCCC4)c(N)c3)c2)C(=O)C2CC2)cc1. The highest BCUT2D eigenvalue weighted by molar-refractivity contribution is 5.82. The molecule has 1 saturated heterocycles. The molecular formula is C33H39N3O3. The minimum absolute atomic E-state index is 0.0127. The fraction of sp³-hybridized carbons (Fsp3) is 0.394. The van der Waals surface area contributed by atoms with Crippen molar-refractivity contribution in [3.63, 3.8) is 0 Å². The Morgan fingerprint density at radius 2 is 1.64 bits per heavy atom. The highest BCUT2D eigenvalue weighted by Gasteiger charge is 2.37. The molecule has 2 fully saturated rings. The minimum atomic E-state index is -0.914. The van der Waals surface area contributed by atoms with E-state index in [0.29, 0.717) is 6.54 Å². The van der Waals surface area contributed by atoms with Crippen molar-refractivity contribution in [1.82, 2.24) is 4.90 Å². The number of aryl methyl sites for hydroxylation is 1. The molecule has 0 radical (unpaired) electrons. The van der Waals surface area contributed by atoms with Gasteiger partial charge in [0.15, 0.2) is 0 Å². The molecule has 0 aromatic heterocycles. The van der Waals surface area contributed by atoms with Crippen LogP contribution in [0.2, 0.25) is 0 Å². The first-order valence-electron chi connectivity index (χ1n) is 14.2. The summed E-state index contributed by atoms with van der Waals surface area (Å²) in [6, 6.07) is 21.8. The summed E-state index contributed by atoms with van der Waals surface area (Å²) in [5, 5.41) is 9.75. The van der Waals surface area contributed by atoms with Crippen LogP contribution in [0.4, 0.5) is 11.4 Å². The number of nitrogens with two attached hydrogens (primary N) is 1. The van der Waals surface area contributed by atoms with Gasteiger partial charge in [-0.15, -0.1) is 0 Å². The van der Waals surface area contributed by atoms with Crippen LogP contribution in [-0.2, 0) is 16.1 Å². The fourth-order valence-corrected chi connectivity index (χ4v) is 5.65. The quantitative estimate of drug-likeness (QED) is 0.308. The summed E-state index contributed by atoms with van der Waals surface area (Å²) in [7, 11) is 0. The van der Waals surface area contributed by atoms with Crippen LogP contribution in [0.5, 0.6) is 0 Å². The molecule has 1 amide bonds. The van der Waals surface area contributed by atoms with Crippen molar-refractivity contribution in [2.75, 3.05) is 23.7 Å². The first kappa shape index (κ1) is 26.8. The average Bonchev–Trinajstić information content (AvgIpc) is 3.79. The number of nitrogen functional groups attached to an aromatic ring is 1. The Balaban J connectivity index is 1.42. The standard InChI is InChI=1S/C33H39N3O3/c1-23-9-11-25(12-10-23)31(21-32(37)38)36(33(39)26-13-14-26)22-24-7-6-8-27(19-24)28-15-16-30(29(34)20-28)35-17-4-2-3-5-18-35/h6-12,15-16,19-20,26,31H,2-5,13-14,17-18,21-22,34H2,1H3,(H,37,38). The maximum Gasteiger partial charge on any atom is 0.305 e. The van der Waals surface area contributed by atoms with Crippen molar-refractivity contribution in [3.05, 3.63) is 83.4 Å². The molecule has 1 aliphatic heterocycles. The van der Waals surface area contributed by atoms with Gasteiger partial charge in [-0.3, -0.25) is 9.59 Å². The molecule has 3 N–H and O–H groups in total. The molecule has 6 heteroatoms. The molecule has 204 valence electrons. The molecule has 0 bridgehead atoms. The smallest absolute Gasteiger partial charge is 0.305 e. The van der Waals surface area contributed by atoms with Gasteiger partial charge in [-0.25, -0.2) is 0 Å². The second-order valence-corrected chi connectivity index (χ2v) is 11.1. The number of amides is 1. The summed E-state index contributed by atoms with van der Waals surface area (Å²) in [4.78, 5) is 29.6. The highest BCUT2D eigenvalue weighted by Crippen LogP contribution is 2.37. The van der Waals surface area contributed by atoms with E-state index in [0.717, 1.165) is 65.1 Å². The third kappa shape index (κ3) is 6.62. The average molecular weight is 526 g/mol. The Labute approximate surface area is 231 Å². The summed E-state index contributed by atoms with van der Waals surface area (Å²) in [6.45, 7) is 4.45. The molecule has 0 spiro atoms. The number of rotatable bonds is 9. The van der Waals surface area contributed by atoms with E-state index < -0.39 is 12.0 Å². The second-order valence-electron chi connectivity index (χ2n) is 11.1. The lowest BCUT2D eigenvalue weighted by atomic mass is 9.98. The lowest BCUT2D eigenvalue weighted by Gasteiger charge is -2.32. The van der Waals surface area contributed by atoms with Crippen LogP contribution in [-0.4, -0.2) is 35.0 Å². The lowest BCUT2D eigenvalue weighted by Crippen LogP contribution is -2.36. The summed E-state index contributed by atoms with van der Waals surface area (Å²) < 4.78 is 0. The van der Waals surface area contributed by atoms with Gasteiger partial charge in [0.25, 0.3) is 0 Å². The first-order chi connectivity index (χ1) is 18.9. The third-order valence-corrected chi connectivity index (χ3v) is 8.00. The van der Waals surface area contributed by atoms with Crippen molar-refractivity contribution in [1.29, 1.82) is 0 Å². The Hall–Kier alpha value is -3.80. The third-order valence-electron chi connectivity index (χ3n) is 8.00. The van der Waals surface area contributed by atoms with Crippen molar-refractivity contribution in [2.45, 2.75) is 64.5 Å². The van der Waals surface area contributed by atoms with E-state index in [1.165, 1.54) is 25.7 Å². The second kappa shape index (κ2) is 11.9. The number of carboxylic acids is 1. The zero-order chi connectivity index (χ0) is 27.4. The normalized spacial score (nSPS) is 16.4. The van der Waals surface area contributed by atoms with Crippen molar-refractivity contribution >= 4 is 23.3 Å². The van der Waals surface area contributed by atoms with E-state index in [4.69, 9.17) is 5.73 Å². The molecule has 3 aromatic rings. The van der Waals surface area contributed by atoms with Crippen LogP contribution in [0.1, 0.15) is 67.7 Å². The number of benzene rings is 3. The topological polar surface area (TPSA) is 86.9 Å². The number of carbonyl (C=O) groups excluding carboxylic acids is 1. The number of carboxylic acid groups (broad SMARTS) is 1. The van der Waals surface area contributed by atoms with E-state index in [1.54, 1.807) is 4.90 Å². The van der Waals surface area contributed by atoms with Crippen molar-refractivity contribution in [2.24, 2.45) is 5.92 Å². The van der Waals surface area contributed by atoms with Gasteiger partial charge in [0, 0.05) is 25.6 Å². The predicted octanol–water partition coefficient (Wildman–Crippen LogP) is 6.58. The Kier molecular flexibility index (Phi) is 8.20. The maximum atomic E-state index is 13.5. The molecule has 1 unspecified atom stereocenters. The number of hydrogen-bond acceptors (Lipinski definition) is 4. The molecule has 3 aromatic carbocycles. The van der Waals surface area contributed by atoms with Gasteiger partial charge in [0.1, 0.15) is 0 Å². The fourth-order valence-electron chi connectivity index (χ4n) is 5.65. The van der Waals surface area contributed by atoms with Crippen LogP contribution in [0, 0.1) is 12.8 Å². The van der Waals surface area contributed by atoms with Crippen molar-refractivity contribution in [3.8, 4) is 11.1 Å². The van der Waals surface area contributed by atoms with E-state index in [-0.39, 0.29) is 18.2 Å². The molecule has 5 rings (SSSR count). The maximum absolute atomic E-state index is 13.5. The summed E-state index contributed by atoms with van der Waals surface area (Å²) in [6.07, 6.45) is 6.56. The van der Waals surface area contributed by atoms with Gasteiger partial charge >= 0.3 is 5.97 Å². The molecule has 1 saturated carbocycles. The minimum Gasteiger partial charge on any atom is -0.481 e. The Morgan fingerprint density at radius 3 is 2.28 bits per heavy atom. The van der Waals surface area contributed by atoms with Crippen molar-refractivity contribution < 1.29 is 14.7 Å². The van der Waals surface area contributed by atoms with Gasteiger partial charge in [-0.05, 0) is 73.1 Å². The van der Waals surface area contributed by atoms with E-state index in [2.05, 4.69) is 29.2 Å². The largest absolute Gasteiger partial charge is 0.481 e. The van der Waals surface area contributed by atoms with Crippen LogP contribution >= 0.6 is 0 Å². The summed E-state index contributed by atoms with van der Waals surface area (Å²) in [5.74, 6) is -0.887. The van der Waals surface area contributed by atoms with E-state index in [9.17, 15) is 14.7 Å². The van der Waals surface area contributed by atoms with Gasteiger partial charge in [-0.1, -0.05) is 66.9 Å². The van der Waals surface area contributed by atoms with Gasteiger partial charge in [0.2, 0.25) is 5.91 Å². The summed E-state index contributed by atoms with van der Waals surface area (Å²) in [5.41, 5.74) is 13.4. The number of nitrogens with zero attached hydrogens (tertiary/aromatic N) is 2.